The lowest BCUT2D eigenvalue weighted by Crippen LogP contribution is -2.18. The molecule has 0 amide bonds. The molecule has 0 aromatic heterocycles. The number of para-hydroxylation sites is 1. The van der Waals surface area contributed by atoms with Crippen molar-refractivity contribution in [2.24, 2.45) is 0 Å². The van der Waals surface area contributed by atoms with Gasteiger partial charge in [-0.15, -0.1) is 0 Å². The summed E-state index contributed by atoms with van der Waals surface area (Å²) in [5.74, 6) is 0.685. The van der Waals surface area contributed by atoms with Gasteiger partial charge in [-0.05, 0) is 172 Å². The van der Waals surface area contributed by atoms with Crippen LogP contribution in [-0.4, -0.2) is 0 Å². The molecule has 0 heterocycles. The molecule has 9 aromatic carbocycles. The molecule has 4 bridgehead atoms. The van der Waals surface area contributed by atoms with Gasteiger partial charge < -0.3 is 9.80 Å². The van der Waals surface area contributed by atoms with Gasteiger partial charge in [-0.1, -0.05) is 173 Å². The van der Waals surface area contributed by atoms with Gasteiger partial charge in [-0.2, -0.15) is 0 Å². The Hall–Kier alpha value is -7.16. The summed E-state index contributed by atoms with van der Waals surface area (Å²) >= 11 is 0. The minimum absolute atomic E-state index is 0.174. The molecule has 0 unspecified atom stereocenters. The monoisotopic (exact) mass is 866 g/mol. The van der Waals surface area contributed by atoms with E-state index in [1.54, 1.807) is 0 Å². The van der Waals surface area contributed by atoms with Crippen LogP contribution in [-0.2, 0) is 31.1 Å². The molecule has 1 fully saturated rings. The van der Waals surface area contributed by atoms with E-state index in [1.165, 1.54) is 138 Å². The van der Waals surface area contributed by atoms with Gasteiger partial charge in [-0.3, -0.25) is 0 Å². The highest BCUT2D eigenvalue weighted by molar-refractivity contribution is 6.00. The first-order chi connectivity index (χ1) is 33.0. The van der Waals surface area contributed by atoms with E-state index in [9.17, 15) is 0 Å². The van der Waals surface area contributed by atoms with Crippen LogP contribution in [0.25, 0.3) is 33.0 Å². The van der Waals surface area contributed by atoms with Crippen molar-refractivity contribution >= 4 is 44.9 Å². The van der Waals surface area contributed by atoms with E-state index in [1.807, 2.05) is 0 Å². The molecule has 15 rings (SSSR count). The molecule has 6 aliphatic carbocycles. The van der Waals surface area contributed by atoms with Crippen LogP contribution in [0.1, 0.15) is 90.8 Å². The molecule has 1 saturated carbocycles. The smallest absolute Gasteiger partial charge is 0.0540 e. The zero-order chi connectivity index (χ0) is 44.9. The normalized spacial score (nSPS) is 15.1. The second-order valence-corrected chi connectivity index (χ2v) is 19.8. The summed E-state index contributed by atoms with van der Waals surface area (Å²) in [5.41, 5.74) is 22.1. The van der Waals surface area contributed by atoms with Crippen LogP contribution in [0.3, 0.4) is 0 Å². The summed E-state index contributed by atoms with van der Waals surface area (Å²) in [5, 5.41) is 2.50. The Morgan fingerprint density at radius 1 is 0.403 bits per heavy atom. The second kappa shape index (κ2) is 17.2. The van der Waals surface area contributed by atoms with Crippen molar-refractivity contribution in [3.63, 3.8) is 0 Å². The van der Waals surface area contributed by atoms with Gasteiger partial charge in [0.15, 0.2) is 0 Å². The zero-order valence-electron chi connectivity index (χ0n) is 38.9. The summed E-state index contributed by atoms with van der Waals surface area (Å²) in [6.45, 7) is 4.82. The molecule has 0 aliphatic heterocycles. The first kappa shape index (κ1) is 41.3. The fourth-order valence-corrected chi connectivity index (χ4v) is 11.7. The molecule has 2 nitrogen and oxygen atoms in total. The molecule has 0 spiro atoms. The molecule has 0 radical (unpaired) electrons. The van der Waals surface area contributed by atoms with E-state index in [4.69, 9.17) is 0 Å². The molecule has 0 saturated heterocycles. The standard InChI is InChI=1S/C65H58N2/c1-65(2)60-43-53(48-17-8-4-9-18-48)35-39-58(60)59-40-38-56(44-61(59)65)67(62-24-14-20-50-19-12-13-23-57(50)62)64-42-46-26-30-51-29-25-45(27-31-52(64)32-28-46)41-63(51)66(54-21-10-5-11-22-54)55-36-33-49(34-37-55)47-15-6-3-7-16-47/h4-5,8-14,17-25,28-29,32-44,47H,3,6-7,15-16,26-27,30-31H2,1-2H3. The molecular formula is C65H58N2. The number of nitrogens with zero attached hydrogens (tertiary/aromatic N) is 2. The van der Waals surface area contributed by atoms with Gasteiger partial charge in [-0.25, -0.2) is 0 Å². The highest BCUT2D eigenvalue weighted by atomic mass is 15.2. The van der Waals surface area contributed by atoms with Gasteiger partial charge >= 0.3 is 0 Å². The van der Waals surface area contributed by atoms with Crippen molar-refractivity contribution in [1.29, 1.82) is 0 Å². The third-order valence-corrected chi connectivity index (χ3v) is 15.4. The van der Waals surface area contributed by atoms with Gasteiger partial charge in [0.1, 0.15) is 0 Å². The van der Waals surface area contributed by atoms with E-state index in [-0.39, 0.29) is 5.41 Å². The number of hydrogen-bond donors (Lipinski definition) is 0. The van der Waals surface area contributed by atoms with Crippen LogP contribution in [0, 0.1) is 0 Å². The molecule has 6 aliphatic rings. The van der Waals surface area contributed by atoms with Gasteiger partial charge in [0.25, 0.3) is 0 Å². The third-order valence-electron chi connectivity index (χ3n) is 15.4. The van der Waals surface area contributed by atoms with Crippen LogP contribution in [0.5, 0.6) is 0 Å². The Morgan fingerprint density at radius 2 is 0.985 bits per heavy atom. The maximum Gasteiger partial charge on any atom is 0.0540 e. The highest BCUT2D eigenvalue weighted by Gasteiger charge is 2.37. The quantitative estimate of drug-likeness (QED) is 0.150. The first-order valence-corrected chi connectivity index (χ1v) is 24.8. The fourth-order valence-electron chi connectivity index (χ4n) is 11.7. The molecule has 0 N–H and O–H groups in total. The summed E-state index contributed by atoms with van der Waals surface area (Å²) in [6.07, 6.45) is 10.4. The zero-order valence-corrected chi connectivity index (χ0v) is 38.9. The van der Waals surface area contributed by atoms with Crippen molar-refractivity contribution in [1.82, 2.24) is 0 Å². The minimum Gasteiger partial charge on any atom is -0.310 e. The molecule has 2 heteroatoms. The van der Waals surface area contributed by atoms with Crippen LogP contribution in [0.2, 0.25) is 0 Å². The van der Waals surface area contributed by atoms with Crippen LogP contribution in [0.15, 0.2) is 200 Å². The summed E-state index contributed by atoms with van der Waals surface area (Å²) < 4.78 is 0. The Morgan fingerprint density at radius 3 is 1.70 bits per heavy atom. The Kier molecular flexibility index (Phi) is 10.6. The van der Waals surface area contributed by atoms with E-state index in [0.29, 0.717) is 5.92 Å². The van der Waals surface area contributed by atoms with Crippen LogP contribution >= 0.6 is 0 Å². The number of aryl methyl sites for hydroxylation is 4. The maximum atomic E-state index is 2.59. The topological polar surface area (TPSA) is 6.48 Å². The van der Waals surface area contributed by atoms with Gasteiger partial charge in [0.05, 0.1) is 5.69 Å². The second-order valence-electron chi connectivity index (χ2n) is 19.8. The Balaban J connectivity index is 0.943. The maximum absolute atomic E-state index is 2.59. The molecule has 0 atom stereocenters. The van der Waals surface area contributed by atoms with E-state index >= 15 is 0 Å². The van der Waals surface area contributed by atoms with Crippen molar-refractivity contribution in [3.05, 3.63) is 239 Å². The van der Waals surface area contributed by atoms with Crippen molar-refractivity contribution in [2.45, 2.75) is 83.0 Å². The largest absolute Gasteiger partial charge is 0.310 e. The molecule has 328 valence electrons. The van der Waals surface area contributed by atoms with Crippen LogP contribution < -0.4 is 9.80 Å². The SMILES string of the molecule is CC1(C)c2cc(-c3ccccc3)ccc2-c2ccc(N(c3cc4ccc3CCc3ccc(c(N(c5ccccc5)c5ccc(C6CCCCC6)cc5)c3)CC4)c3cccc4ccccc34)cc21. The lowest BCUT2D eigenvalue weighted by molar-refractivity contribution is 0.443. The lowest BCUT2D eigenvalue weighted by Gasteiger charge is -2.32. The van der Waals surface area contributed by atoms with Crippen molar-refractivity contribution in [2.75, 3.05) is 9.80 Å². The highest BCUT2D eigenvalue weighted by Crippen LogP contribution is 2.52. The fraction of sp³-hybridized carbons (Fsp3) is 0.200. The van der Waals surface area contributed by atoms with E-state index in [0.717, 1.165) is 25.7 Å². The molecule has 9 aromatic rings. The average molecular weight is 867 g/mol. The van der Waals surface area contributed by atoms with Crippen LogP contribution in [0.4, 0.5) is 34.1 Å². The van der Waals surface area contributed by atoms with E-state index in [2.05, 4.69) is 224 Å². The number of benzene rings is 9. The predicted octanol–water partition coefficient (Wildman–Crippen LogP) is 17.7. The molecular weight excluding hydrogens is 809 g/mol. The average Bonchev–Trinajstić information content (AvgIpc) is 3.60. The first-order valence-electron chi connectivity index (χ1n) is 24.8. The van der Waals surface area contributed by atoms with Crippen molar-refractivity contribution in [3.8, 4) is 22.3 Å². The van der Waals surface area contributed by atoms with E-state index < -0.39 is 0 Å². The lowest BCUT2D eigenvalue weighted by atomic mass is 9.81. The Bertz CT molecular complexity index is 3240. The predicted molar refractivity (Wildman–Crippen MR) is 283 cm³/mol. The number of anilines is 6. The molecule has 67 heavy (non-hydrogen) atoms. The number of fused-ring (bicyclic) bond motifs is 4. The summed E-state index contributed by atoms with van der Waals surface area (Å²) in [7, 11) is 0. The van der Waals surface area contributed by atoms with Gasteiger partial charge in [0.2, 0.25) is 0 Å². The Labute approximate surface area is 397 Å². The van der Waals surface area contributed by atoms with Crippen molar-refractivity contribution < 1.29 is 0 Å². The van der Waals surface area contributed by atoms with Gasteiger partial charge in [0, 0.05) is 39.2 Å². The summed E-state index contributed by atoms with van der Waals surface area (Å²) in [4.78, 5) is 5.10. The third kappa shape index (κ3) is 7.63. The number of hydrogen-bond acceptors (Lipinski definition) is 2. The summed E-state index contributed by atoms with van der Waals surface area (Å²) in [6, 6.07) is 76.1. The number of rotatable bonds is 8. The minimum atomic E-state index is -0.174.